The highest BCUT2D eigenvalue weighted by molar-refractivity contribution is 5.14. The van der Waals surface area contributed by atoms with Crippen molar-refractivity contribution < 1.29 is 9.13 Å². The Morgan fingerprint density at radius 2 is 2.50 bits per heavy atom. The number of hydrogen-bond acceptors (Lipinski definition) is 2. The number of pyridine rings is 1. The number of rotatable bonds is 1. The van der Waals surface area contributed by atoms with Crippen LogP contribution in [0, 0.1) is 5.95 Å². The third-order valence-corrected chi connectivity index (χ3v) is 2.05. The Labute approximate surface area is 70.4 Å². The van der Waals surface area contributed by atoms with E-state index in [1.807, 2.05) is 0 Å². The van der Waals surface area contributed by atoms with Crippen molar-refractivity contribution in [2.24, 2.45) is 0 Å². The second-order valence-corrected chi connectivity index (χ2v) is 2.91. The summed E-state index contributed by atoms with van der Waals surface area (Å²) in [5.41, 5.74) is 0.903. The van der Waals surface area contributed by atoms with Crippen LogP contribution in [-0.4, -0.2) is 11.6 Å². The topological polar surface area (TPSA) is 22.1 Å². The molecule has 0 spiro atoms. The molecule has 0 amide bonds. The minimum Gasteiger partial charge on any atom is -0.374 e. The molecular formula is C9H10FNO. The second kappa shape index (κ2) is 3.19. The first kappa shape index (κ1) is 7.68. The van der Waals surface area contributed by atoms with Gasteiger partial charge in [-0.2, -0.15) is 4.39 Å². The molecule has 12 heavy (non-hydrogen) atoms. The number of halogens is 1. The normalized spacial score (nSPS) is 22.9. The predicted molar refractivity (Wildman–Crippen MR) is 42.1 cm³/mol. The van der Waals surface area contributed by atoms with Crippen LogP contribution in [-0.2, 0) is 4.74 Å². The molecule has 0 aromatic carbocycles. The maximum atomic E-state index is 12.7. The van der Waals surface area contributed by atoms with Crippen molar-refractivity contribution in [3.8, 4) is 0 Å². The summed E-state index contributed by atoms with van der Waals surface area (Å²) >= 11 is 0. The highest BCUT2D eigenvalue weighted by Gasteiger charge is 2.17. The van der Waals surface area contributed by atoms with E-state index in [0.29, 0.717) is 0 Å². The van der Waals surface area contributed by atoms with E-state index in [1.165, 1.54) is 12.3 Å². The Hall–Kier alpha value is -0.960. The zero-order chi connectivity index (χ0) is 8.39. The lowest BCUT2D eigenvalue weighted by Crippen LogP contribution is -1.96. The van der Waals surface area contributed by atoms with Crippen LogP contribution < -0.4 is 0 Å². The van der Waals surface area contributed by atoms with Gasteiger partial charge in [-0.25, -0.2) is 4.98 Å². The van der Waals surface area contributed by atoms with Crippen molar-refractivity contribution in [2.75, 3.05) is 6.61 Å². The third-order valence-electron chi connectivity index (χ3n) is 2.05. The van der Waals surface area contributed by atoms with E-state index in [1.54, 1.807) is 6.07 Å². The van der Waals surface area contributed by atoms with Crippen LogP contribution in [0.1, 0.15) is 24.5 Å². The molecule has 1 saturated heterocycles. The molecule has 1 atom stereocenters. The highest BCUT2D eigenvalue weighted by Crippen LogP contribution is 2.27. The summed E-state index contributed by atoms with van der Waals surface area (Å²) < 4.78 is 18.1. The zero-order valence-corrected chi connectivity index (χ0v) is 6.66. The van der Waals surface area contributed by atoms with E-state index in [4.69, 9.17) is 4.74 Å². The summed E-state index contributed by atoms with van der Waals surface area (Å²) in [6, 6.07) is 3.25. The van der Waals surface area contributed by atoms with Crippen LogP contribution in [0.25, 0.3) is 0 Å². The van der Waals surface area contributed by atoms with Gasteiger partial charge in [0.1, 0.15) is 0 Å². The maximum Gasteiger partial charge on any atom is 0.213 e. The number of nitrogens with zero attached hydrogens (tertiary/aromatic N) is 1. The Kier molecular flexibility index (Phi) is 2.04. The molecule has 2 nitrogen and oxygen atoms in total. The largest absolute Gasteiger partial charge is 0.374 e. The average molecular weight is 167 g/mol. The molecule has 1 unspecified atom stereocenters. The molecule has 2 heterocycles. The Morgan fingerprint density at radius 3 is 3.17 bits per heavy atom. The lowest BCUT2D eigenvalue weighted by atomic mass is 10.1. The van der Waals surface area contributed by atoms with Gasteiger partial charge in [-0.05, 0) is 30.5 Å². The number of aromatic nitrogens is 1. The fourth-order valence-corrected chi connectivity index (χ4v) is 1.46. The van der Waals surface area contributed by atoms with Crippen LogP contribution in [0.3, 0.4) is 0 Å². The lowest BCUT2D eigenvalue weighted by Gasteiger charge is -2.08. The van der Waals surface area contributed by atoms with Gasteiger partial charge in [0, 0.05) is 12.8 Å². The molecule has 64 valence electrons. The van der Waals surface area contributed by atoms with Gasteiger partial charge in [-0.1, -0.05) is 0 Å². The standard InChI is InChI=1S/C9H10FNO/c10-9-6-7(3-4-11-9)8-2-1-5-12-8/h3-4,6,8H,1-2,5H2. The van der Waals surface area contributed by atoms with Crippen molar-refractivity contribution in [3.05, 3.63) is 29.8 Å². The Balaban J connectivity index is 2.21. The fraction of sp³-hybridized carbons (Fsp3) is 0.444. The molecule has 0 bridgehead atoms. The van der Waals surface area contributed by atoms with Crippen LogP contribution >= 0.6 is 0 Å². The molecular weight excluding hydrogens is 157 g/mol. The minimum atomic E-state index is -0.428. The highest BCUT2D eigenvalue weighted by atomic mass is 19.1. The van der Waals surface area contributed by atoms with E-state index in [0.717, 1.165) is 25.0 Å². The van der Waals surface area contributed by atoms with Gasteiger partial charge in [0.2, 0.25) is 5.95 Å². The molecule has 0 aliphatic carbocycles. The van der Waals surface area contributed by atoms with Gasteiger partial charge >= 0.3 is 0 Å². The third kappa shape index (κ3) is 1.46. The first-order chi connectivity index (χ1) is 5.86. The van der Waals surface area contributed by atoms with Gasteiger partial charge in [0.15, 0.2) is 0 Å². The predicted octanol–water partition coefficient (Wildman–Crippen LogP) is 2.07. The summed E-state index contributed by atoms with van der Waals surface area (Å²) in [6.07, 6.45) is 3.62. The minimum absolute atomic E-state index is 0.0856. The summed E-state index contributed by atoms with van der Waals surface area (Å²) in [5.74, 6) is -0.428. The molecule has 0 saturated carbocycles. The quantitative estimate of drug-likeness (QED) is 0.597. The molecule has 2 rings (SSSR count). The zero-order valence-electron chi connectivity index (χ0n) is 6.66. The summed E-state index contributed by atoms with van der Waals surface area (Å²) in [5, 5.41) is 0. The molecule has 1 aromatic heterocycles. The molecule has 0 radical (unpaired) electrons. The smallest absolute Gasteiger partial charge is 0.213 e. The van der Waals surface area contributed by atoms with Crippen LogP contribution in [0.5, 0.6) is 0 Å². The molecule has 1 aromatic rings. The Morgan fingerprint density at radius 1 is 1.58 bits per heavy atom. The average Bonchev–Trinajstić information content (AvgIpc) is 2.56. The van der Waals surface area contributed by atoms with Gasteiger partial charge < -0.3 is 4.74 Å². The summed E-state index contributed by atoms with van der Waals surface area (Å²) in [7, 11) is 0. The molecule has 1 aliphatic heterocycles. The van der Waals surface area contributed by atoms with Crippen molar-refractivity contribution in [3.63, 3.8) is 0 Å². The summed E-state index contributed by atoms with van der Waals surface area (Å²) in [6.45, 7) is 0.786. The molecule has 3 heteroatoms. The fourth-order valence-electron chi connectivity index (χ4n) is 1.46. The van der Waals surface area contributed by atoms with E-state index >= 15 is 0 Å². The lowest BCUT2D eigenvalue weighted by molar-refractivity contribution is 0.111. The summed E-state index contributed by atoms with van der Waals surface area (Å²) in [4.78, 5) is 3.49. The van der Waals surface area contributed by atoms with Crippen molar-refractivity contribution in [2.45, 2.75) is 18.9 Å². The van der Waals surface area contributed by atoms with Gasteiger partial charge in [-0.3, -0.25) is 0 Å². The first-order valence-corrected chi connectivity index (χ1v) is 4.09. The van der Waals surface area contributed by atoms with Crippen molar-refractivity contribution in [1.82, 2.24) is 4.98 Å². The monoisotopic (exact) mass is 167 g/mol. The van der Waals surface area contributed by atoms with Gasteiger partial charge in [-0.15, -0.1) is 0 Å². The first-order valence-electron chi connectivity index (χ1n) is 4.09. The number of hydrogen-bond donors (Lipinski definition) is 0. The van der Waals surface area contributed by atoms with Gasteiger partial charge in [0.25, 0.3) is 0 Å². The second-order valence-electron chi connectivity index (χ2n) is 2.91. The van der Waals surface area contributed by atoms with E-state index in [-0.39, 0.29) is 6.10 Å². The molecule has 1 fully saturated rings. The van der Waals surface area contributed by atoms with Crippen LogP contribution in [0.15, 0.2) is 18.3 Å². The van der Waals surface area contributed by atoms with E-state index in [9.17, 15) is 4.39 Å². The Bertz CT molecular complexity index is 271. The SMILES string of the molecule is Fc1cc(C2CCCO2)ccn1. The van der Waals surface area contributed by atoms with Crippen molar-refractivity contribution in [1.29, 1.82) is 0 Å². The van der Waals surface area contributed by atoms with Crippen LogP contribution in [0.4, 0.5) is 4.39 Å². The molecule has 1 aliphatic rings. The van der Waals surface area contributed by atoms with Gasteiger partial charge in [0.05, 0.1) is 6.10 Å². The number of ether oxygens (including phenoxy) is 1. The molecule has 0 N–H and O–H groups in total. The maximum absolute atomic E-state index is 12.7. The van der Waals surface area contributed by atoms with E-state index < -0.39 is 5.95 Å². The van der Waals surface area contributed by atoms with E-state index in [2.05, 4.69) is 4.98 Å². The van der Waals surface area contributed by atoms with Crippen LogP contribution in [0.2, 0.25) is 0 Å². The van der Waals surface area contributed by atoms with Crippen molar-refractivity contribution >= 4 is 0 Å².